The fourth-order valence-electron chi connectivity index (χ4n) is 2.62. The Morgan fingerprint density at radius 3 is 2.58 bits per heavy atom. The molecule has 8 nitrogen and oxygen atoms in total. The zero-order valence-corrected chi connectivity index (χ0v) is 13.0. The van der Waals surface area contributed by atoms with Crippen LogP contribution in [-0.2, 0) is 0 Å². The molecule has 2 aromatic rings. The molecule has 0 aliphatic carbocycles. The topological polar surface area (TPSA) is 134 Å². The molecule has 1 saturated heterocycles. The van der Waals surface area contributed by atoms with Crippen molar-refractivity contribution in [1.29, 1.82) is 5.26 Å². The summed E-state index contributed by atoms with van der Waals surface area (Å²) < 4.78 is 0. The molecule has 0 unspecified atom stereocenters. The minimum Gasteiger partial charge on any atom is -0.397 e. The second-order valence-electron chi connectivity index (χ2n) is 5.48. The quantitative estimate of drug-likeness (QED) is 0.723. The molecule has 0 radical (unpaired) electrons. The van der Waals surface area contributed by atoms with E-state index >= 15 is 0 Å². The molecule has 24 heavy (non-hydrogen) atoms. The van der Waals surface area contributed by atoms with Gasteiger partial charge in [0, 0.05) is 13.1 Å². The molecule has 1 aliphatic heterocycles. The van der Waals surface area contributed by atoms with Crippen molar-refractivity contribution < 1.29 is 4.79 Å². The molecular formula is C16H17N7O. The number of nitrogens with two attached hydrogens (primary N) is 2. The van der Waals surface area contributed by atoms with Crippen molar-refractivity contribution in [3.63, 3.8) is 0 Å². The molecule has 122 valence electrons. The van der Waals surface area contributed by atoms with Gasteiger partial charge in [0.2, 0.25) is 5.95 Å². The van der Waals surface area contributed by atoms with Crippen molar-refractivity contribution in [3.05, 3.63) is 35.5 Å². The third-order valence-electron chi connectivity index (χ3n) is 3.85. The monoisotopic (exact) mass is 323 g/mol. The molecule has 0 saturated carbocycles. The highest BCUT2D eigenvalue weighted by Crippen LogP contribution is 2.27. The molecule has 0 spiro atoms. The minimum atomic E-state index is -0.765. The van der Waals surface area contributed by atoms with Crippen LogP contribution in [0.25, 0.3) is 0 Å². The van der Waals surface area contributed by atoms with E-state index in [9.17, 15) is 10.1 Å². The van der Waals surface area contributed by atoms with Gasteiger partial charge in [0.25, 0.3) is 5.91 Å². The molecule has 2 heterocycles. The van der Waals surface area contributed by atoms with Crippen molar-refractivity contribution >= 4 is 29.0 Å². The lowest BCUT2D eigenvalue weighted by Crippen LogP contribution is -2.24. The fraction of sp³-hybridized carbons (Fsp3) is 0.250. The molecule has 1 amide bonds. The Morgan fingerprint density at radius 1 is 1.25 bits per heavy atom. The zero-order valence-electron chi connectivity index (χ0n) is 13.0. The normalized spacial score (nSPS) is 13.5. The van der Waals surface area contributed by atoms with Crippen LogP contribution in [0, 0.1) is 11.3 Å². The second-order valence-corrected chi connectivity index (χ2v) is 5.48. The summed E-state index contributed by atoms with van der Waals surface area (Å²) in [5.74, 6) is -0.156. The van der Waals surface area contributed by atoms with Gasteiger partial charge >= 0.3 is 0 Å². The summed E-state index contributed by atoms with van der Waals surface area (Å²) in [5.41, 5.74) is 12.3. The summed E-state index contributed by atoms with van der Waals surface area (Å²) in [6.45, 7) is 1.61. The van der Waals surface area contributed by atoms with E-state index < -0.39 is 5.91 Å². The summed E-state index contributed by atoms with van der Waals surface area (Å²) in [7, 11) is 0. The van der Waals surface area contributed by atoms with E-state index in [0.29, 0.717) is 17.3 Å². The van der Waals surface area contributed by atoms with Gasteiger partial charge in [-0.2, -0.15) is 10.2 Å². The van der Waals surface area contributed by atoms with Gasteiger partial charge in [-0.3, -0.25) is 4.79 Å². The Hall–Kier alpha value is -3.34. The largest absolute Gasteiger partial charge is 0.397 e. The van der Waals surface area contributed by atoms with Gasteiger partial charge in [-0.05, 0) is 25.0 Å². The van der Waals surface area contributed by atoms with Crippen LogP contribution in [0.2, 0.25) is 0 Å². The summed E-state index contributed by atoms with van der Waals surface area (Å²) in [4.78, 5) is 22.3. The first-order valence-electron chi connectivity index (χ1n) is 7.58. The number of nitrogen functional groups attached to an aromatic ring is 1. The molecule has 5 N–H and O–H groups in total. The fourth-order valence-corrected chi connectivity index (χ4v) is 2.62. The SMILES string of the molecule is N#Cc1c(Nc2ccccc2N)nc(N2CCCC2)nc1C(N)=O. The molecule has 3 rings (SSSR count). The smallest absolute Gasteiger partial charge is 0.268 e. The van der Waals surface area contributed by atoms with Gasteiger partial charge < -0.3 is 21.7 Å². The maximum atomic E-state index is 11.7. The second kappa shape index (κ2) is 6.42. The highest BCUT2D eigenvalue weighted by Gasteiger charge is 2.23. The predicted molar refractivity (Wildman–Crippen MR) is 90.8 cm³/mol. The number of nitrogens with one attached hydrogen (secondary N) is 1. The minimum absolute atomic E-state index is 0.00806. The number of aromatic nitrogens is 2. The number of hydrogen-bond acceptors (Lipinski definition) is 7. The molecule has 0 bridgehead atoms. The van der Waals surface area contributed by atoms with Crippen LogP contribution in [0.15, 0.2) is 24.3 Å². The summed E-state index contributed by atoms with van der Waals surface area (Å²) in [5, 5.41) is 12.4. The van der Waals surface area contributed by atoms with Gasteiger partial charge in [0.05, 0.1) is 11.4 Å². The van der Waals surface area contributed by atoms with Crippen LogP contribution in [0.1, 0.15) is 28.9 Å². The van der Waals surface area contributed by atoms with E-state index in [0.717, 1.165) is 25.9 Å². The number of anilines is 4. The van der Waals surface area contributed by atoms with E-state index in [1.165, 1.54) is 0 Å². The predicted octanol–water partition coefficient (Wildman–Crippen LogP) is 1.37. The lowest BCUT2D eigenvalue weighted by atomic mass is 10.2. The number of nitriles is 1. The van der Waals surface area contributed by atoms with Gasteiger partial charge in [0.1, 0.15) is 11.6 Å². The molecule has 1 fully saturated rings. The van der Waals surface area contributed by atoms with Crippen LogP contribution in [0.3, 0.4) is 0 Å². The van der Waals surface area contributed by atoms with Crippen LogP contribution in [0.4, 0.5) is 23.1 Å². The average molecular weight is 323 g/mol. The maximum Gasteiger partial charge on any atom is 0.268 e. The first-order chi connectivity index (χ1) is 11.6. The van der Waals surface area contributed by atoms with Crippen molar-refractivity contribution in [2.24, 2.45) is 5.73 Å². The van der Waals surface area contributed by atoms with Gasteiger partial charge in [-0.15, -0.1) is 0 Å². The number of carbonyl (C=O) groups excluding carboxylic acids is 1. The molecule has 0 atom stereocenters. The first kappa shape index (κ1) is 15.6. The highest BCUT2D eigenvalue weighted by molar-refractivity contribution is 5.95. The lowest BCUT2D eigenvalue weighted by Gasteiger charge is -2.18. The Bertz CT molecular complexity index is 822. The number of hydrogen-bond donors (Lipinski definition) is 3. The zero-order chi connectivity index (χ0) is 17.1. The Balaban J connectivity index is 2.10. The summed E-state index contributed by atoms with van der Waals surface area (Å²) in [6.07, 6.45) is 2.06. The molecular weight excluding hydrogens is 306 g/mol. The standard InChI is InChI=1S/C16H17N7O/c17-9-10-13(14(19)24)21-16(23-7-3-4-8-23)22-15(10)20-12-6-2-1-5-11(12)18/h1-2,5-6H,3-4,7-8,18H2,(H2,19,24)(H,20,21,22). The Morgan fingerprint density at radius 2 is 1.96 bits per heavy atom. The Labute approximate surface area is 139 Å². The number of amides is 1. The Kier molecular flexibility index (Phi) is 4.16. The maximum absolute atomic E-state index is 11.7. The number of nitrogens with zero attached hydrogens (tertiary/aromatic N) is 4. The molecule has 8 heteroatoms. The molecule has 1 aliphatic rings. The highest BCUT2D eigenvalue weighted by atomic mass is 16.1. The van der Waals surface area contributed by atoms with Crippen LogP contribution >= 0.6 is 0 Å². The van der Waals surface area contributed by atoms with Crippen molar-refractivity contribution in [2.75, 3.05) is 29.0 Å². The van der Waals surface area contributed by atoms with E-state index in [1.54, 1.807) is 18.2 Å². The number of primary amides is 1. The average Bonchev–Trinajstić information content (AvgIpc) is 3.10. The van der Waals surface area contributed by atoms with Crippen LogP contribution < -0.4 is 21.7 Å². The van der Waals surface area contributed by atoms with E-state index in [2.05, 4.69) is 15.3 Å². The van der Waals surface area contributed by atoms with Gasteiger partial charge in [-0.25, -0.2) is 4.98 Å². The number of rotatable bonds is 4. The third-order valence-corrected chi connectivity index (χ3v) is 3.85. The van der Waals surface area contributed by atoms with E-state index in [1.807, 2.05) is 17.0 Å². The number of benzene rings is 1. The molecule has 1 aromatic heterocycles. The number of carbonyl (C=O) groups is 1. The van der Waals surface area contributed by atoms with Gasteiger partial charge in [0.15, 0.2) is 11.5 Å². The molecule has 1 aromatic carbocycles. The summed E-state index contributed by atoms with van der Waals surface area (Å²) >= 11 is 0. The first-order valence-corrected chi connectivity index (χ1v) is 7.58. The van der Waals surface area contributed by atoms with E-state index in [-0.39, 0.29) is 17.1 Å². The summed E-state index contributed by atoms with van der Waals surface area (Å²) in [6, 6.07) is 9.06. The van der Waals surface area contributed by atoms with Crippen molar-refractivity contribution in [1.82, 2.24) is 9.97 Å². The van der Waals surface area contributed by atoms with Crippen molar-refractivity contribution in [2.45, 2.75) is 12.8 Å². The number of para-hydroxylation sites is 2. The third kappa shape index (κ3) is 2.92. The van der Waals surface area contributed by atoms with Crippen LogP contribution in [0.5, 0.6) is 0 Å². The van der Waals surface area contributed by atoms with Gasteiger partial charge in [-0.1, -0.05) is 12.1 Å². The van der Waals surface area contributed by atoms with Crippen LogP contribution in [-0.4, -0.2) is 29.0 Å². The van der Waals surface area contributed by atoms with Crippen molar-refractivity contribution in [3.8, 4) is 6.07 Å². The lowest BCUT2D eigenvalue weighted by molar-refractivity contribution is 0.0995. The van der Waals surface area contributed by atoms with E-state index in [4.69, 9.17) is 11.5 Å².